The molecule has 0 bridgehead atoms. The van der Waals surface area contributed by atoms with E-state index < -0.39 is 0 Å². The van der Waals surface area contributed by atoms with E-state index in [1.165, 1.54) is 0 Å². The van der Waals surface area contributed by atoms with Gasteiger partial charge in [0.05, 0.1) is 25.9 Å². The number of rotatable bonds is 12. The summed E-state index contributed by atoms with van der Waals surface area (Å²) in [7, 11) is 1.61. The number of amides is 1. The molecule has 2 aromatic rings. The van der Waals surface area contributed by atoms with Gasteiger partial charge < -0.3 is 19.5 Å². The Labute approximate surface area is 210 Å². The maximum Gasteiger partial charge on any atom is 0.261 e. The number of carbonyl (C=O) groups excluding carboxylic acids is 1. The molecule has 0 saturated carbocycles. The summed E-state index contributed by atoms with van der Waals surface area (Å²) in [5, 5.41) is 6.03. The second kappa shape index (κ2) is 14.1. The molecule has 0 atom stereocenters. The van der Waals surface area contributed by atoms with Gasteiger partial charge in [-0.1, -0.05) is 49.2 Å². The summed E-state index contributed by atoms with van der Waals surface area (Å²) in [5.74, 6) is 2.10. The van der Waals surface area contributed by atoms with Gasteiger partial charge in [0.15, 0.2) is 16.6 Å². The summed E-state index contributed by atoms with van der Waals surface area (Å²) in [6.07, 6.45) is 2.96. The molecule has 0 aromatic heterocycles. The van der Waals surface area contributed by atoms with Crippen LogP contribution in [-0.4, -0.2) is 31.3 Å². The smallest absolute Gasteiger partial charge is 0.261 e. The van der Waals surface area contributed by atoms with Crippen molar-refractivity contribution in [2.45, 2.75) is 46.6 Å². The van der Waals surface area contributed by atoms with Crippen LogP contribution in [0.25, 0.3) is 0 Å². The topological polar surface area (TPSA) is 68.8 Å². The molecule has 2 N–H and O–H groups in total. The maximum atomic E-state index is 12.8. The minimum absolute atomic E-state index is 0.232. The minimum Gasteiger partial charge on any atom is -0.493 e. The van der Waals surface area contributed by atoms with E-state index in [0.29, 0.717) is 48.5 Å². The molecule has 2 aromatic carbocycles. The lowest BCUT2D eigenvalue weighted by Gasteiger charge is -2.15. The highest BCUT2D eigenvalue weighted by Crippen LogP contribution is 2.28. The highest BCUT2D eigenvalue weighted by atomic mass is 79.9. The summed E-state index contributed by atoms with van der Waals surface area (Å²) < 4.78 is 17.8. The number of ether oxygens (including phenoxy) is 3. The zero-order valence-corrected chi connectivity index (χ0v) is 22.1. The van der Waals surface area contributed by atoms with Gasteiger partial charge in [-0.3, -0.25) is 10.1 Å². The van der Waals surface area contributed by atoms with Crippen LogP contribution in [0.5, 0.6) is 17.2 Å². The minimum atomic E-state index is -0.328. The van der Waals surface area contributed by atoms with Crippen LogP contribution in [-0.2, 0) is 6.54 Å². The average Bonchev–Trinajstić information content (AvgIpc) is 2.79. The van der Waals surface area contributed by atoms with E-state index in [-0.39, 0.29) is 11.0 Å². The van der Waals surface area contributed by atoms with E-state index in [1.54, 1.807) is 19.2 Å². The van der Waals surface area contributed by atoms with Gasteiger partial charge in [0.2, 0.25) is 0 Å². The number of unbranched alkanes of at least 4 members (excludes halogenated alkanes) is 1. The van der Waals surface area contributed by atoms with E-state index in [1.807, 2.05) is 24.3 Å². The molecule has 0 radical (unpaired) electrons. The van der Waals surface area contributed by atoms with Crippen molar-refractivity contribution in [2.24, 2.45) is 5.92 Å². The largest absolute Gasteiger partial charge is 0.493 e. The van der Waals surface area contributed by atoms with Crippen molar-refractivity contribution in [3.05, 3.63) is 52.0 Å². The van der Waals surface area contributed by atoms with Gasteiger partial charge in [0.25, 0.3) is 5.91 Å². The van der Waals surface area contributed by atoms with Crippen LogP contribution in [0.4, 0.5) is 0 Å². The summed E-state index contributed by atoms with van der Waals surface area (Å²) in [5.41, 5.74) is 1.37. The monoisotopic (exact) mass is 536 g/mol. The molecule has 8 heteroatoms. The third-order valence-corrected chi connectivity index (χ3v) is 5.54. The molecule has 0 aliphatic rings. The third-order valence-electron chi connectivity index (χ3n) is 4.80. The van der Waals surface area contributed by atoms with E-state index >= 15 is 0 Å². The van der Waals surface area contributed by atoms with Gasteiger partial charge in [-0.25, -0.2) is 0 Å². The van der Waals surface area contributed by atoms with Gasteiger partial charge in [-0.15, -0.1) is 0 Å². The van der Waals surface area contributed by atoms with Crippen molar-refractivity contribution in [3.8, 4) is 17.2 Å². The second-order valence-electron chi connectivity index (χ2n) is 8.00. The second-order valence-corrected chi connectivity index (χ2v) is 9.32. The van der Waals surface area contributed by atoms with Crippen molar-refractivity contribution in [1.29, 1.82) is 0 Å². The number of carbonyl (C=O) groups is 1. The fourth-order valence-corrected chi connectivity index (χ4v) is 3.40. The number of benzene rings is 2. The Balaban J connectivity index is 1.95. The van der Waals surface area contributed by atoms with Crippen LogP contribution >= 0.6 is 28.1 Å². The number of hydrogen-bond acceptors (Lipinski definition) is 5. The van der Waals surface area contributed by atoms with Gasteiger partial charge in [-0.2, -0.15) is 0 Å². The lowest BCUT2D eigenvalue weighted by molar-refractivity contribution is 0.0972. The highest BCUT2D eigenvalue weighted by Gasteiger charge is 2.15. The Hall–Kier alpha value is -2.32. The van der Waals surface area contributed by atoms with Crippen molar-refractivity contribution in [2.75, 3.05) is 20.3 Å². The van der Waals surface area contributed by atoms with E-state index in [0.717, 1.165) is 29.3 Å². The molecule has 33 heavy (non-hydrogen) atoms. The summed E-state index contributed by atoms with van der Waals surface area (Å²) >= 11 is 8.75. The zero-order chi connectivity index (χ0) is 24.2. The first-order valence-corrected chi connectivity index (χ1v) is 12.3. The van der Waals surface area contributed by atoms with Crippen molar-refractivity contribution in [3.63, 3.8) is 0 Å². The predicted molar refractivity (Wildman–Crippen MR) is 139 cm³/mol. The number of hydrogen-bond donors (Lipinski definition) is 2. The van der Waals surface area contributed by atoms with Crippen molar-refractivity contribution < 1.29 is 19.0 Å². The molecule has 6 nitrogen and oxygen atoms in total. The maximum absolute atomic E-state index is 12.8. The van der Waals surface area contributed by atoms with E-state index in [9.17, 15) is 4.79 Å². The van der Waals surface area contributed by atoms with Crippen molar-refractivity contribution in [1.82, 2.24) is 10.6 Å². The first-order chi connectivity index (χ1) is 15.8. The average molecular weight is 538 g/mol. The SMILES string of the molecule is CCCCOc1ccc(CNC(=S)NC(=O)c2cc(Br)ccc2OCCC(C)C)cc1OC. The summed E-state index contributed by atoms with van der Waals surface area (Å²) in [6, 6.07) is 11.1. The van der Waals surface area contributed by atoms with E-state index in [4.69, 9.17) is 26.4 Å². The van der Waals surface area contributed by atoms with Crippen LogP contribution in [0.2, 0.25) is 0 Å². The summed E-state index contributed by atoms with van der Waals surface area (Å²) in [4.78, 5) is 12.8. The molecular formula is C25H33BrN2O4S. The Kier molecular flexibility index (Phi) is 11.5. The van der Waals surface area contributed by atoms with Crippen LogP contribution in [0.1, 0.15) is 56.0 Å². The normalized spacial score (nSPS) is 10.6. The van der Waals surface area contributed by atoms with Crippen LogP contribution in [0.3, 0.4) is 0 Å². The van der Waals surface area contributed by atoms with Crippen LogP contribution < -0.4 is 24.8 Å². The molecule has 0 saturated heterocycles. The van der Waals surface area contributed by atoms with Crippen molar-refractivity contribution >= 4 is 39.2 Å². The number of halogens is 1. The van der Waals surface area contributed by atoms with Crippen LogP contribution in [0, 0.1) is 5.92 Å². The van der Waals surface area contributed by atoms with Gasteiger partial charge >= 0.3 is 0 Å². The molecule has 0 aliphatic heterocycles. The predicted octanol–water partition coefficient (Wildman–Crippen LogP) is 5.87. The molecular weight excluding hydrogens is 504 g/mol. The third kappa shape index (κ3) is 9.21. The Morgan fingerprint density at radius 2 is 1.79 bits per heavy atom. The van der Waals surface area contributed by atoms with E-state index in [2.05, 4.69) is 47.3 Å². The molecule has 0 unspecified atom stereocenters. The molecule has 0 spiro atoms. The zero-order valence-electron chi connectivity index (χ0n) is 19.7. The standard InChI is InChI=1S/C25H33BrN2O4S/c1-5-6-12-31-22-9-7-18(14-23(22)30-4)16-27-25(33)28-24(29)20-15-19(26)8-10-21(20)32-13-11-17(2)3/h7-10,14-15,17H,5-6,11-13,16H2,1-4H3,(H2,27,28,29,33). The fourth-order valence-electron chi connectivity index (χ4n) is 2.87. The lowest BCUT2D eigenvalue weighted by atomic mass is 10.1. The van der Waals surface area contributed by atoms with Gasteiger partial charge in [0.1, 0.15) is 5.75 Å². The molecule has 0 aliphatic carbocycles. The molecule has 180 valence electrons. The fraction of sp³-hybridized carbons (Fsp3) is 0.440. The quantitative estimate of drug-likeness (QED) is 0.261. The Morgan fingerprint density at radius 1 is 1.06 bits per heavy atom. The molecule has 0 heterocycles. The molecule has 0 fully saturated rings. The Morgan fingerprint density at radius 3 is 2.48 bits per heavy atom. The number of thiocarbonyl (C=S) groups is 1. The highest BCUT2D eigenvalue weighted by molar-refractivity contribution is 9.10. The van der Waals surface area contributed by atoms with Gasteiger partial charge in [-0.05, 0) is 66.9 Å². The van der Waals surface area contributed by atoms with Crippen LogP contribution in [0.15, 0.2) is 40.9 Å². The molecule has 2 rings (SSSR count). The first-order valence-electron chi connectivity index (χ1n) is 11.1. The Bertz CT molecular complexity index is 937. The molecule has 1 amide bonds. The van der Waals surface area contributed by atoms with Gasteiger partial charge in [0, 0.05) is 11.0 Å². The lowest BCUT2D eigenvalue weighted by Crippen LogP contribution is -2.39. The first kappa shape index (κ1) is 26.9. The summed E-state index contributed by atoms with van der Waals surface area (Å²) in [6.45, 7) is 8.01. The number of methoxy groups -OCH3 is 1. The number of nitrogens with one attached hydrogen (secondary N) is 2.